The summed E-state index contributed by atoms with van der Waals surface area (Å²) in [5, 5.41) is 20.3. The van der Waals surface area contributed by atoms with Gasteiger partial charge in [0.25, 0.3) is 0 Å². The van der Waals surface area contributed by atoms with Gasteiger partial charge in [0, 0.05) is 24.5 Å². The predicted octanol–water partition coefficient (Wildman–Crippen LogP) is 2.29. The van der Waals surface area contributed by atoms with Crippen molar-refractivity contribution in [2.24, 2.45) is 0 Å². The van der Waals surface area contributed by atoms with Gasteiger partial charge in [-0.1, -0.05) is 12.1 Å². The molecule has 0 bridgehead atoms. The summed E-state index contributed by atoms with van der Waals surface area (Å²) in [6, 6.07) is 5.52. The van der Waals surface area contributed by atoms with Crippen molar-refractivity contribution in [1.82, 2.24) is 4.57 Å². The van der Waals surface area contributed by atoms with Crippen molar-refractivity contribution in [2.75, 3.05) is 0 Å². The van der Waals surface area contributed by atoms with Gasteiger partial charge < -0.3 is 14.8 Å². The lowest BCUT2D eigenvalue weighted by Crippen LogP contribution is -2.03. The SMILES string of the molecule is CCn1cc(CC(C)O)c2cccc(O)c21. The molecule has 1 unspecified atom stereocenters. The quantitative estimate of drug-likeness (QED) is 0.832. The molecule has 1 heterocycles. The van der Waals surface area contributed by atoms with Crippen LogP contribution in [0.4, 0.5) is 0 Å². The standard InChI is InChI=1S/C13H17NO2/c1-3-14-8-10(7-9(2)15)11-5-4-6-12(16)13(11)14/h4-6,8-9,15-16H,3,7H2,1-2H3. The van der Waals surface area contributed by atoms with Gasteiger partial charge in [0.2, 0.25) is 0 Å². The fraction of sp³-hybridized carbons (Fsp3) is 0.385. The molecule has 1 aromatic carbocycles. The monoisotopic (exact) mass is 219 g/mol. The van der Waals surface area contributed by atoms with Gasteiger partial charge in [-0.15, -0.1) is 0 Å². The topological polar surface area (TPSA) is 45.4 Å². The molecule has 0 aliphatic rings. The smallest absolute Gasteiger partial charge is 0.139 e. The predicted molar refractivity (Wildman–Crippen MR) is 64.7 cm³/mol. The van der Waals surface area contributed by atoms with Crippen LogP contribution < -0.4 is 0 Å². The summed E-state index contributed by atoms with van der Waals surface area (Å²) in [5.74, 6) is 0.302. The molecule has 1 atom stereocenters. The number of phenolic OH excluding ortho intramolecular Hbond substituents is 1. The molecule has 2 N–H and O–H groups in total. The van der Waals surface area contributed by atoms with Crippen LogP contribution in [0.1, 0.15) is 19.4 Å². The Hall–Kier alpha value is -1.48. The zero-order valence-electron chi connectivity index (χ0n) is 9.64. The molecule has 3 nitrogen and oxygen atoms in total. The molecular weight excluding hydrogens is 202 g/mol. The third-order valence-electron chi connectivity index (χ3n) is 2.82. The number of nitrogens with zero attached hydrogens (tertiary/aromatic N) is 1. The number of hydrogen-bond donors (Lipinski definition) is 2. The van der Waals surface area contributed by atoms with E-state index in [1.165, 1.54) is 0 Å². The van der Waals surface area contributed by atoms with Crippen LogP contribution >= 0.6 is 0 Å². The van der Waals surface area contributed by atoms with E-state index < -0.39 is 0 Å². The number of hydrogen-bond acceptors (Lipinski definition) is 2. The van der Waals surface area contributed by atoms with E-state index in [1.807, 2.05) is 29.8 Å². The number of aromatic hydroxyl groups is 1. The lowest BCUT2D eigenvalue weighted by atomic mass is 10.1. The van der Waals surface area contributed by atoms with E-state index in [9.17, 15) is 10.2 Å². The highest BCUT2D eigenvalue weighted by Gasteiger charge is 2.12. The Bertz CT molecular complexity index is 500. The van der Waals surface area contributed by atoms with E-state index in [4.69, 9.17) is 0 Å². The van der Waals surface area contributed by atoms with Crippen LogP contribution in [-0.4, -0.2) is 20.9 Å². The maximum absolute atomic E-state index is 9.85. The summed E-state index contributed by atoms with van der Waals surface area (Å²) < 4.78 is 2.02. The number of para-hydroxylation sites is 1. The van der Waals surface area contributed by atoms with Gasteiger partial charge in [0.05, 0.1) is 11.6 Å². The number of fused-ring (bicyclic) bond motifs is 1. The number of phenols is 1. The average Bonchev–Trinajstić information content (AvgIpc) is 2.57. The molecule has 1 aromatic heterocycles. The summed E-state index contributed by atoms with van der Waals surface area (Å²) in [6.07, 6.45) is 2.27. The number of aryl methyl sites for hydroxylation is 1. The van der Waals surface area contributed by atoms with Gasteiger partial charge in [-0.2, -0.15) is 0 Å². The van der Waals surface area contributed by atoms with Crippen molar-refractivity contribution in [2.45, 2.75) is 32.9 Å². The van der Waals surface area contributed by atoms with Crippen molar-refractivity contribution in [3.8, 4) is 5.75 Å². The molecule has 0 radical (unpaired) electrons. The van der Waals surface area contributed by atoms with Crippen molar-refractivity contribution >= 4 is 10.9 Å². The minimum Gasteiger partial charge on any atom is -0.506 e. The van der Waals surface area contributed by atoms with E-state index in [-0.39, 0.29) is 6.10 Å². The first-order valence-corrected chi connectivity index (χ1v) is 5.61. The van der Waals surface area contributed by atoms with E-state index >= 15 is 0 Å². The highest BCUT2D eigenvalue weighted by molar-refractivity contribution is 5.88. The van der Waals surface area contributed by atoms with E-state index in [0.29, 0.717) is 12.2 Å². The highest BCUT2D eigenvalue weighted by Crippen LogP contribution is 2.29. The van der Waals surface area contributed by atoms with Crippen LogP contribution in [0.3, 0.4) is 0 Å². The molecule has 2 rings (SSSR count). The molecule has 0 fully saturated rings. The lowest BCUT2D eigenvalue weighted by Gasteiger charge is -2.02. The second-order valence-electron chi connectivity index (χ2n) is 4.17. The zero-order valence-corrected chi connectivity index (χ0v) is 9.64. The van der Waals surface area contributed by atoms with Crippen molar-refractivity contribution in [1.29, 1.82) is 0 Å². The highest BCUT2D eigenvalue weighted by atomic mass is 16.3. The summed E-state index contributed by atoms with van der Waals surface area (Å²) in [5.41, 5.74) is 1.95. The normalized spacial score (nSPS) is 13.2. The fourth-order valence-corrected chi connectivity index (χ4v) is 2.14. The Balaban J connectivity index is 2.63. The molecule has 0 saturated heterocycles. The van der Waals surface area contributed by atoms with Gasteiger partial charge >= 0.3 is 0 Å². The Morgan fingerprint density at radius 1 is 1.38 bits per heavy atom. The van der Waals surface area contributed by atoms with Gasteiger partial charge in [-0.05, 0) is 25.5 Å². The van der Waals surface area contributed by atoms with Gasteiger partial charge in [0.15, 0.2) is 0 Å². The molecule has 0 spiro atoms. The molecular formula is C13H17NO2. The van der Waals surface area contributed by atoms with Crippen LogP contribution in [0, 0.1) is 0 Å². The maximum atomic E-state index is 9.85. The first-order chi connectivity index (χ1) is 7.63. The Morgan fingerprint density at radius 3 is 2.75 bits per heavy atom. The van der Waals surface area contributed by atoms with Crippen LogP contribution in [0.5, 0.6) is 5.75 Å². The van der Waals surface area contributed by atoms with Gasteiger partial charge in [-0.25, -0.2) is 0 Å². The van der Waals surface area contributed by atoms with Gasteiger partial charge in [0.1, 0.15) is 5.75 Å². The third kappa shape index (κ3) is 1.78. The molecule has 86 valence electrons. The molecule has 16 heavy (non-hydrogen) atoms. The maximum Gasteiger partial charge on any atom is 0.139 e. The summed E-state index contributed by atoms with van der Waals surface area (Å²) in [6.45, 7) is 4.63. The first-order valence-electron chi connectivity index (χ1n) is 5.61. The summed E-state index contributed by atoms with van der Waals surface area (Å²) >= 11 is 0. The van der Waals surface area contributed by atoms with Crippen molar-refractivity contribution in [3.63, 3.8) is 0 Å². The van der Waals surface area contributed by atoms with Crippen LogP contribution in [-0.2, 0) is 13.0 Å². The first kappa shape index (κ1) is 11.0. The Labute approximate surface area is 94.9 Å². The zero-order chi connectivity index (χ0) is 11.7. The average molecular weight is 219 g/mol. The second-order valence-corrected chi connectivity index (χ2v) is 4.17. The lowest BCUT2D eigenvalue weighted by molar-refractivity contribution is 0.196. The van der Waals surface area contributed by atoms with E-state index in [1.54, 1.807) is 13.0 Å². The minimum absolute atomic E-state index is 0.302. The second kappa shape index (κ2) is 4.18. The molecule has 0 aliphatic heterocycles. The molecule has 3 heteroatoms. The van der Waals surface area contributed by atoms with Crippen molar-refractivity contribution in [3.05, 3.63) is 30.0 Å². The van der Waals surface area contributed by atoms with Crippen LogP contribution in [0.25, 0.3) is 10.9 Å². The molecule has 0 saturated carbocycles. The number of aromatic nitrogens is 1. The third-order valence-corrected chi connectivity index (χ3v) is 2.82. The van der Waals surface area contributed by atoms with E-state index in [0.717, 1.165) is 23.0 Å². The number of aliphatic hydroxyl groups excluding tert-OH is 1. The summed E-state index contributed by atoms with van der Waals surface area (Å²) in [7, 11) is 0. The van der Waals surface area contributed by atoms with Crippen molar-refractivity contribution < 1.29 is 10.2 Å². The number of aliphatic hydroxyl groups is 1. The number of rotatable bonds is 3. The molecule has 0 aliphatic carbocycles. The van der Waals surface area contributed by atoms with Gasteiger partial charge in [-0.3, -0.25) is 0 Å². The van der Waals surface area contributed by atoms with Crippen LogP contribution in [0.15, 0.2) is 24.4 Å². The Kier molecular flexibility index (Phi) is 2.88. The van der Waals surface area contributed by atoms with Crippen LogP contribution in [0.2, 0.25) is 0 Å². The fourth-order valence-electron chi connectivity index (χ4n) is 2.14. The Morgan fingerprint density at radius 2 is 2.12 bits per heavy atom. The molecule has 0 amide bonds. The minimum atomic E-state index is -0.363. The summed E-state index contributed by atoms with van der Waals surface area (Å²) in [4.78, 5) is 0. The molecule has 2 aromatic rings. The largest absolute Gasteiger partial charge is 0.506 e. The number of benzene rings is 1. The van der Waals surface area contributed by atoms with E-state index in [2.05, 4.69) is 0 Å².